The molecule has 2 heterocycles. The molecule has 1 aliphatic heterocycles. The van der Waals surface area contributed by atoms with Gasteiger partial charge in [-0.05, 0) is 37.1 Å². The zero-order chi connectivity index (χ0) is 20.1. The number of hydrogen-bond acceptors (Lipinski definition) is 3. The molecule has 0 fully saturated rings. The fraction of sp³-hybridized carbons (Fsp3) is 0.381. The van der Waals surface area contributed by atoms with Crippen LogP contribution < -0.4 is 5.32 Å². The second-order valence-electron chi connectivity index (χ2n) is 6.96. The molecule has 1 N–H and O–H groups in total. The molecule has 29 heavy (non-hydrogen) atoms. The van der Waals surface area contributed by atoms with Gasteiger partial charge in [-0.25, -0.2) is 0 Å². The van der Waals surface area contributed by atoms with Crippen molar-refractivity contribution in [3.05, 3.63) is 59.4 Å². The van der Waals surface area contributed by atoms with E-state index in [1.807, 2.05) is 26.4 Å². The molecule has 0 bridgehead atoms. The van der Waals surface area contributed by atoms with Crippen LogP contribution in [0.2, 0.25) is 0 Å². The summed E-state index contributed by atoms with van der Waals surface area (Å²) in [5.74, 6) is 0.445. The van der Waals surface area contributed by atoms with E-state index in [2.05, 4.69) is 25.8 Å². The predicted molar refractivity (Wildman–Crippen MR) is 125 cm³/mol. The number of guanidine groups is 1. The first-order chi connectivity index (χ1) is 13.5. The SMILES string of the molecule is CN=C(NCCCCN1C(=O)c2ccccc2C1=O)N(C)Cc1cccn1C.I. The van der Waals surface area contributed by atoms with Gasteiger partial charge in [-0.2, -0.15) is 0 Å². The number of hydrogen-bond donors (Lipinski definition) is 1. The first-order valence-electron chi connectivity index (χ1n) is 9.50. The lowest BCUT2D eigenvalue weighted by Gasteiger charge is -2.22. The van der Waals surface area contributed by atoms with Gasteiger partial charge < -0.3 is 14.8 Å². The number of aliphatic imine (C=N–C) groups is 1. The summed E-state index contributed by atoms with van der Waals surface area (Å²) in [6.45, 7) is 1.93. The molecule has 2 aromatic rings. The van der Waals surface area contributed by atoms with Crippen LogP contribution in [0.4, 0.5) is 0 Å². The Morgan fingerprint density at radius 1 is 1.07 bits per heavy atom. The van der Waals surface area contributed by atoms with E-state index in [1.165, 1.54) is 10.6 Å². The maximum atomic E-state index is 12.4. The third kappa shape index (κ3) is 5.17. The van der Waals surface area contributed by atoms with Gasteiger partial charge >= 0.3 is 0 Å². The van der Waals surface area contributed by atoms with Crippen LogP contribution in [0.25, 0.3) is 0 Å². The number of amides is 2. The highest BCUT2D eigenvalue weighted by Gasteiger charge is 2.34. The quantitative estimate of drug-likeness (QED) is 0.205. The maximum absolute atomic E-state index is 12.4. The Balaban J connectivity index is 0.00000300. The highest BCUT2D eigenvalue weighted by molar-refractivity contribution is 14.0. The van der Waals surface area contributed by atoms with Gasteiger partial charge in [-0.15, -0.1) is 24.0 Å². The van der Waals surface area contributed by atoms with E-state index in [9.17, 15) is 9.59 Å². The van der Waals surface area contributed by atoms with Crippen LogP contribution in [0.1, 0.15) is 39.3 Å². The summed E-state index contributed by atoms with van der Waals surface area (Å²) in [5.41, 5.74) is 2.22. The van der Waals surface area contributed by atoms with E-state index in [0.717, 1.165) is 31.9 Å². The van der Waals surface area contributed by atoms with Crippen LogP contribution >= 0.6 is 24.0 Å². The minimum atomic E-state index is -0.188. The zero-order valence-corrected chi connectivity index (χ0v) is 19.4. The second kappa shape index (κ2) is 10.4. The monoisotopic (exact) mass is 509 g/mol. The first kappa shape index (κ1) is 22.9. The van der Waals surface area contributed by atoms with E-state index in [1.54, 1.807) is 31.3 Å². The molecule has 2 amide bonds. The summed E-state index contributed by atoms with van der Waals surface area (Å²) in [6.07, 6.45) is 3.61. The molecule has 0 atom stereocenters. The molecule has 1 aromatic carbocycles. The Labute approximate surface area is 188 Å². The number of aryl methyl sites for hydroxylation is 1. The van der Waals surface area contributed by atoms with E-state index in [0.29, 0.717) is 17.7 Å². The van der Waals surface area contributed by atoms with Crippen molar-refractivity contribution in [1.82, 2.24) is 19.7 Å². The largest absolute Gasteiger partial charge is 0.356 e. The molecule has 0 spiro atoms. The van der Waals surface area contributed by atoms with Crippen LogP contribution in [-0.2, 0) is 13.6 Å². The number of unbranched alkanes of at least 4 members (excludes halogenated alkanes) is 1. The Bertz CT molecular complexity index is 858. The van der Waals surface area contributed by atoms with Gasteiger partial charge in [-0.1, -0.05) is 12.1 Å². The van der Waals surface area contributed by atoms with Gasteiger partial charge in [0.05, 0.1) is 17.7 Å². The van der Waals surface area contributed by atoms with Crippen molar-refractivity contribution in [2.45, 2.75) is 19.4 Å². The topological polar surface area (TPSA) is 69.9 Å². The fourth-order valence-electron chi connectivity index (χ4n) is 3.40. The van der Waals surface area contributed by atoms with Gasteiger partial charge in [0.15, 0.2) is 5.96 Å². The third-order valence-corrected chi connectivity index (χ3v) is 4.99. The minimum absolute atomic E-state index is 0. The highest BCUT2D eigenvalue weighted by Crippen LogP contribution is 2.22. The number of rotatable bonds is 7. The molecule has 3 rings (SSSR count). The summed E-state index contributed by atoms with van der Waals surface area (Å²) in [6, 6.07) is 11.1. The first-order valence-corrected chi connectivity index (χ1v) is 9.50. The molecular formula is C21H28IN5O2. The number of benzene rings is 1. The third-order valence-electron chi connectivity index (χ3n) is 4.99. The van der Waals surface area contributed by atoms with E-state index < -0.39 is 0 Å². The second-order valence-corrected chi connectivity index (χ2v) is 6.96. The molecule has 1 aromatic heterocycles. The van der Waals surface area contributed by atoms with Crippen LogP contribution in [0.3, 0.4) is 0 Å². The van der Waals surface area contributed by atoms with Crippen molar-refractivity contribution in [1.29, 1.82) is 0 Å². The van der Waals surface area contributed by atoms with Crippen molar-refractivity contribution >= 4 is 41.8 Å². The summed E-state index contributed by atoms with van der Waals surface area (Å²) in [7, 11) is 5.79. The Morgan fingerprint density at radius 2 is 1.72 bits per heavy atom. The molecule has 0 saturated carbocycles. The standard InChI is InChI=1S/C21H27N5O2.HI/c1-22-21(25(3)15-16-9-8-13-24(16)2)23-12-6-7-14-26-19(27)17-10-4-5-11-18(17)20(26)28;/h4-5,8-11,13H,6-7,12,14-15H2,1-3H3,(H,22,23);1H. The maximum Gasteiger partial charge on any atom is 0.261 e. The lowest BCUT2D eigenvalue weighted by Crippen LogP contribution is -2.39. The number of halogens is 1. The van der Waals surface area contributed by atoms with E-state index in [-0.39, 0.29) is 35.8 Å². The minimum Gasteiger partial charge on any atom is -0.356 e. The Kier molecular flexibility index (Phi) is 8.24. The van der Waals surface area contributed by atoms with Gasteiger partial charge in [0, 0.05) is 46.1 Å². The summed E-state index contributed by atoms with van der Waals surface area (Å²) >= 11 is 0. The summed E-state index contributed by atoms with van der Waals surface area (Å²) in [4.78, 5) is 32.5. The van der Waals surface area contributed by atoms with Crippen LogP contribution in [0.15, 0.2) is 47.6 Å². The number of nitrogens with zero attached hydrogens (tertiary/aromatic N) is 4. The number of carbonyl (C=O) groups is 2. The molecule has 0 radical (unpaired) electrons. The Hall–Kier alpha value is -2.36. The number of imide groups is 1. The lowest BCUT2D eigenvalue weighted by molar-refractivity contribution is 0.0652. The number of nitrogens with one attached hydrogen (secondary N) is 1. The normalized spacial score (nSPS) is 13.3. The van der Waals surface area contributed by atoms with Crippen LogP contribution in [-0.4, -0.2) is 59.3 Å². The van der Waals surface area contributed by atoms with Gasteiger partial charge in [-0.3, -0.25) is 19.5 Å². The molecule has 7 nitrogen and oxygen atoms in total. The molecule has 8 heteroatoms. The lowest BCUT2D eigenvalue weighted by atomic mass is 10.1. The number of fused-ring (bicyclic) bond motifs is 1. The molecule has 1 aliphatic rings. The van der Waals surface area contributed by atoms with Crippen molar-refractivity contribution in [2.75, 3.05) is 27.2 Å². The average molecular weight is 509 g/mol. The molecular weight excluding hydrogens is 481 g/mol. The van der Waals surface area contributed by atoms with E-state index in [4.69, 9.17) is 0 Å². The average Bonchev–Trinajstić information content (AvgIpc) is 3.20. The van der Waals surface area contributed by atoms with Gasteiger partial charge in [0.2, 0.25) is 0 Å². The predicted octanol–water partition coefficient (Wildman–Crippen LogP) is 2.73. The fourth-order valence-corrected chi connectivity index (χ4v) is 3.40. The van der Waals surface area contributed by atoms with E-state index >= 15 is 0 Å². The smallest absolute Gasteiger partial charge is 0.261 e. The molecule has 0 saturated heterocycles. The number of aromatic nitrogens is 1. The van der Waals surface area contributed by atoms with Crippen molar-refractivity contribution < 1.29 is 9.59 Å². The zero-order valence-electron chi connectivity index (χ0n) is 17.1. The van der Waals surface area contributed by atoms with Crippen LogP contribution in [0.5, 0.6) is 0 Å². The van der Waals surface area contributed by atoms with Crippen LogP contribution in [0, 0.1) is 0 Å². The van der Waals surface area contributed by atoms with Crippen molar-refractivity contribution in [2.24, 2.45) is 12.0 Å². The molecule has 0 aliphatic carbocycles. The molecule has 156 valence electrons. The van der Waals surface area contributed by atoms with Crippen molar-refractivity contribution in [3.63, 3.8) is 0 Å². The van der Waals surface area contributed by atoms with Crippen molar-refractivity contribution in [3.8, 4) is 0 Å². The summed E-state index contributed by atoms with van der Waals surface area (Å²) in [5, 5.41) is 3.34. The number of carbonyl (C=O) groups excluding carboxylic acids is 2. The summed E-state index contributed by atoms with van der Waals surface area (Å²) < 4.78 is 2.09. The van der Waals surface area contributed by atoms with Gasteiger partial charge in [0.25, 0.3) is 11.8 Å². The molecule has 0 unspecified atom stereocenters. The van der Waals surface area contributed by atoms with Gasteiger partial charge in [0.1, 0.15) is 0 Å². The highest BCUT2D eigenvalue weighted by atomic mass is 127. The Morgan fingerprint density at radius 3 is 2.28 bits per heavy atom.